The van der Waals surface area contributed by atoms with Crippen molar-refractivity contribution in [2.24, 2.45) is 5.73 Å². The zero-order valence-corrected chi connectivity index (χ0v) is 13.1. The quantitative estimate of drug-likeness (QED) is 0.716. The number of hydrogen-bond acceptors (Lipinski definition) is 5. The molecule has 2 rings (SSSR count). The Labute approximate surface area is 124 Å². The van der Waals surface area contributed by atoms with E-state index in [1.165, 1.54) is 45.7 Å². The third kappa shape index (κ3) is 4.97. The molecule has 118 valence electrons. The molecule has 0 aromatic rings. The SMILES string of the molecule is CCC(CCN)N1CCN(CCN2CCOCC2)CC1. The highest BCUT2D eigenvalue weighted by Crippen LogP contribution is 2.12. The number of hydrogen-bond donors (Lipinski definition) is 1. The standard InChI is InChI=1S/C15H32N4O/c1-2-15(3-4-16)19-9-7-17(8-10-19)5-6-18-11-13-20-14-12-18/h15H,2-14,16H2,1H3. The summed E-state index contributed by atoms with van der Waals surface area (Å²) in [6.07, 6.45) is 2.37. The van der Waals surface area contributed by atoms with Gasteiger partial charge in [-0.2, -0.15) is 0 Å². The van der Waals surface area contributed by atoms with Gasteiger partial charge in [0.05, 0.1) is 13.2 Å². The van der Waals surface area contributed by atoms with Gasteiger partial charge in [-0.3, -0.25) is 14.7 Å². The van der Waals surface area contributed by atoms with Crippen molar-refractivity contribution in [2.75, 3.05) is 72.1 Å². The monoisotopic (exact) mass is 284 g/mol. The molecule has 0 aliphatic carbocycles. The molecule has 0 aromatic heterocycles. The van der Waals surface area contributed by atoms with Crippen LogP contribution in [0.15, 0.2) is 0 Å². The van der Waals surface area contributed by atoms with Crippen molar-refractivity contribution in [1.82, 2.24) is 14.7 Å². The molecule has 0 radical (unpaired) electrons. The van der Waals surface area contributed by atoms with Gasteiger partial charge < -0.3 is 10.5 Å². The smallest absolute Gasteiger partial charge is 0.0594 e. The summed E-state index contributed by atoms with van der Waals surface area (Å²) in [7, 11) is 0. The summed E-state index contributed by atoms with van der Waals surface area (Å²) in [5, 5.41) is 0. The molecule has 2 N–H and O–H groups in total. The molecule has 0 amide bonds. The van der Waals surface area contributed by atoms with Crippen LogP contribution in [0.5, 0.6) is 0 Å². The van der Waals surface area contributed by atoms with Gasteiger partial charge in [-0.25, -0.2) is 0 Å². The number of nitrogens with two attached hydrogens (primary N) is 1. The first-order valence-electron chi connectivity index (χ1n) is 8.30. The summed E-state index contributed by atoms with van der Waals surface area (Å²) in [4.78, 5) is 7.78. The summed E-state index contributed by atoms with van der Waals surface area (Å²) in [5.74, 6) is 0. The molecule has 0 aromatic carbocycles. The van der Waals surface area contributed by atoms with Gasteiger partial charge in [0.15, 0.2) is 0 Å². The average molecular weight is 284 g/mol. The molecule has 2 saturated heterocycles. The molecule has 0 saturated carbocycles. The molecule has 2 fully saturated rings. The minimum Gasteiger partial charge on any atom is -0.379 e. The predicted octanol–water partition coefficient (Wildman–Crippen LogP) is 0.0636. The van der Waals surface area contributed by atoms with Crippen LogP contribution >= 0.6 is 0 Å². The van der Waals surface area contributed by atoms with Crippen molar-refractivity contribution < 1.29 is 4.74 Å². The van der Waals surface area contributed by atoms with E-state index in [2.05, 4.69) is 21.6 Å². The zero-order chi connectivity index (χ0) is 14.2. The van der Waals surface area contributed by atoms with Crippen LogP contribution in [0, 0.1) is 0 Å². The van der Waals surface area contributed by atoms with Gasteiger partial charge in [-0.1, -0.05) is 6.92 Å². The summed E-state index contributed by atoms with van der Waals surface area (Å²) in [6.45, 7) is 14.4. The first-order chi connectivity index (χ1) is 9.83. The van der Waals surface area contributed by atoms with Crippen molar-refractivity contribution in [3.8, 4) is 0 Å². The van der Waals surface area contributed by atoms with Crippen LogP contribution in [-0.4, -0.2) is 92.9 Å². The first-order valence-corrected chi connectivity index (χ1v) is 8.30. The van der Waals surface area contributed by atoms with Crippen LogP contribution in [0.1, 0.15) is 19.8 Å². The lowest BCUT2D eigenvalue weighted by Gasteiger charge is -2.40. The number of ether oxygens (including phenoxy) is 1. The molecule has 0 spiro atoms. The maximum absolute atomic E-state index is 5.72. The van der Waals surface area contributed by atoms with Crippen LogP contribution in [-0.2, 0) is 4.74 Å². The van der Waals surface area contributed by atoms with Crippen molar-refractivity contribution in [1.29, 1.82) is 0 Å². The lowest BCUT2D eigenvalue weighted by molar-refractivity contribution is 0.0275. The van der Waals surface area contributed by atoms with Gasteiger partial charge in [-0.15, -0.1) is 0 Å². The van der Waals surface area contributed by atoms with E-state index in [4.69, 9.17) is 10.5 Å². The highest BCUT2D eigenvalue weighted by Gasteiger charge is 2.22. The molecular weight excluding hydrogens is 252 g/mol. The summed E-state index contributed by atoms with van der Waals surface area (Å²) < 4.78 is 5.40. The Bertz CT molecular complexity index is 250. The highest BCUT2D eigenvalue weighted by molar-refractivity contribution is 4.79. The van der Waals surface area contributed by atoms with E-state index in [0.717, 1.165) is 39.3 Å². The van der Waals surface area contributed by atoms with Gasteiger partial charge in [0.25, 0.3) is 0 Å². The maximum atomic E-state index is 5.72. The van der Waals surface area contributed by atoms with Crippen LogP contribution < -0.4 is 5.73 Å². The fraction of sp³-hybridized carbons (Fsp3) is 1.00. The number of piperazine rings is 1. The van der Waals surface area contributed by atoms with E-state index in [0.29, 0.717) is 6.04 Å². The summed E-state index contributed by atoms with van der Waals surface area (Å²) in [6, 6.07) is 0.696. The molecule has 0 bridgehead atoms. The largest absolute Gasteiger partial charge is 0.379 e. The van der Waals surface area contributed by atoms with E-state index in [1.807, 2.05) is 0 Å². The average Bonchev–Trinajstić information content (AvgIpc) is 2.52. The second-order valence-corrected chi connectivity index (χ2v) is 5.97. The third-order valence-electron chi connectivity index (χ3n) is 4.73. The zero-order valence-electron chi connectivity index (χ0n) is 13.1. The van der Waals surface area contributed by atoms with E-state index >= 15 is 0 Å². The highest BCUT2D eigenvalue weighted by atomic mass is 16.5. The predicted molar refractivity (Wildman–Crippen MR) is 83.0 cm³/mol. The Morgan fingerprint density at radius 1 is 0.950 bits per heavy atom. The van der Waals surface area contributed by atoms with Gasteiger partial charge >= 0.3 is 0 Å². The second-order valence-electron chi connectivity index (χ2n) is 5.97. The van der Waals surface area contributed by atoms with Crippen LogP contribution in [0.4, 0.5) is 0 Å². The van der Waals surface area contributed by atoms with Gasteiger partial charge in [0.2, 0.25) is 0 Å². The number of rotatable bonds is 7. The molecule has 20 heavy (non-hydrogen) atoms. The molecule has 5 heteroatoms. The normalized spacial score (nSPS) is 24.9. The van der Waals surface area contributed by atoms with Crippen molar-refractivity contribution in [2.45, 2.75) is 25.8 Å². The summed E-state index contributed by atoms with van der Waals surface area (Å²) >= 11 is 0. The van der Waals surface area contributed by atoms with E-state index in [9.17, 15) is 0 Å². The Kier molecular flexibility index (Phi) is 7.24. The van der Waals surface area contributed by atoms with E-state index in [-0.39, 0.29) is 0 Å². The lowest BCUT2D eigenvalue weighted by atomic mass is 10.1. The van der Waals surface area contributed by atoms with Crippen LogP contribution in [0.2, 0.25) is 0 Å². The molecule has 1 atom stereocenters. The molecule has 2 aliphatic rings. The topological polar surface area (TPSA) is 45.0 Å². The first kappa shape index (κ1) is 16.2. The third-order valence-corrected chi connectivity index (χ3v) is 4.73. The Morgan fingerprint density at radius 3 is 2.10 bits per heavy atom. The molecule has 5 nitrogen and oxygen atoms in total. The second kappa shape index (κ2) is 8.95. The summed E-state index contributed by atoms with van der Waals surface area (Å²) in [5.41, 5.74) is 5.72. The van der Waals surface area contributed by atoms with E-state index in [1.54, 1.807) is 0 Å². The maximum Gasteiger partial charge on any atom is 0.0594 e. The Balaban J connectivity index is 1.63. The van der Waals surface area contributed by atoms with Crippen molar-refractivity contribution in [3.05, 3.63) is 0 Å². The molecular formula is C15H32N4O. The van der Waals surface area contributed by atoms with E-state index < -0.39 is 0 Å². The van der Waals surface area contributed by atoms with Gasteiger partial charge in [0, 0.05) is 58.4 Å². The fourth-order valence-corrected chi connectivity index (χ4v) is 3.30. The van der Waals surface area contributed by atoms with Crippen LogP contribution in [0.3, 0.4) is 0 Å². The number of nitrogens with zero attached hydrogens (tertiary/aromatic N) is 3. The van der Waals surface area contributed by atoms with Gasteiger partial charge in [-0.05, 0) is 19.4 Å². The Hall–Kier alpha value is -0.200. The fourth-order valence-electron chi connectivity index (χ4n) is 3.30. The van der Waals surface area contributed by atoms with Crippen molar-refractivity contribution >= 4 is 0 Å². The molecule has 1 unspecified atom stereocenters. The minimum atomic E-state index is 0.696. The Morgan fingerprint density at radius 2 is 1.55 bits per heavy atom. The lowest BCUT2D eigenvalue weighted by Crippen LogP contribution is -2.52. The molecule has 2 heterocycles. The van der Waals surface area contributed by atoms with Crippen molar-refractivity contribution in [3.63, 3.8) is 0 Å². The minimum absolute atomic E-state index is 0.696. The van der Waals surface area contributed by atoms with Crippen LogP contribution in [0.25, 0.3) is 0 Å². The van der Waals surface area contributed by atoms with Gasteiger partial charge in [0.1, 0.15) is 0 Å². The number of morpholine rings is 1. The molecule has 2 aliphatic heterocycles.